The second kappa shape index (κ2) is 9.23. The second-order valence-corrected chi connectivity index (χ2v) is 8.47. The third-order valence-electron chi connectivity index (χ3n) is 4.36. The summed E-state index contributed by atoms with van der Waals surface area (Å²) in [4.78, 5) is 17.4. The molecule has 4 rings (SSSR count). The molecule has 0 fully saturated rings. The molecule has 0 saturated carbocycles. The standard InChI is InChI=1S/C24H18N4O2S/c29-31(30,23-11-7-19(8-12-23)27-17-21-5-1-3-15-25-21)24-13-9-20(10-14-24)28-18-22-6-2-4-16-26-22/h1-18H. The molecule has 7 heteroatoms. The van der Waals surface area contributed by atoms with E-state index in [-0.39, 0.29) is 9.79 Å². The first-order chi connectivity index (χ1) is 15.1. The van der Waals surface area contributed by atoms with Gasteiger partial charge in [-0.1, -0.05) is 12.1 Å². The van der Waals surface area contributed by atoms with Gasteiger partial charge in [-0.2, -0.15) is 0 Å². The first-order valence-corrected chi connectivity index (χ1v) is 10.9. The largest absolute Gasteiger partial charge is 0.255 e. The minimum Gasteiger partial charge on any atom is -0.255 e. The van der Waals surface area contributed by atoms with Crippen molar-refractivity contribution in [3.63, 3.8) is 0 Å². The molecule has 2 heterocycles. The van der Waals surface area contributed by atoms with E-state index in [1.165, 1.54) is 0 Å². The monoisotopic (exact) mass is 426 g/mol. The molecule has 4 aromatic rings. The molecule has 2 aromatic carbocycles. The van der Waals surface area contributed by atoms with Crippen molar-refractivity contribution in [2.24, 2.45) is 9.98 Å². The molecule has 0 aliphatic heterocycles. The Morgan fingerprint density at radius 2 is 1.00 bits per heavy atom. The number of benzene rings is 2. The maximum Gasteiger partial charge on any atom is 0.206 e. The Morgan fingerprint density at radius 3 is 1.35 bits per heavy atom. The van der Waals surface area contributed by atoms with Gasteiger partial charge in [0.05, 0.1) is 45.0 Å². The number of aliphatic imine (C=N–C) groups is 2. The Kier molecular flexibility index (Phi) is 6.05. The molecule has 0 radical (unpaired) electrons. The van der Waals surface area contributed by atoms with Crippen LogP contribution in [0, 0.1) is 0 Å². The molecule has 2 aromatic heterocycles. The van der Waals surface area contributed by atoms with E-state index in [9.17, 15) is 8.42 Å². The molecule has 0 saturated heterocycles. The van der Waals surface area contributed by atoms with Crippen LogP contribution >= 0.6 is 0 Å². The summed E-state index contributed by atoms with van der Waals surface area (Å²) in [5.41, 5.74) is 2.74. The highest BCUT2D eigenvalue weighted by atomic mass is 32.2. The van der Waals surface area contributed by atoms with Gasteiger partial charge in [-0.3, -0.25) is 20.0 Å². The number of rotatable bonds is 6. The maximum absolute atomic E-state index is 12.9. The van der Waals surface area contributed by atoms with Gasteiger partial charge in [0, 0.05) is 12.4 Å². The topological polar surface area (TPSA) is 84.6 Å². The molecule has 6 nitrogen and oxygen atoms in total. The third-order valence-corrected chi connectivity index (χ3v) is 6.15. The van der Waals surface area contributed by atoms with Crippen molar-refractivity contribution >= 4 is 33.6 Å². The van der Waals surface area contributed by atoms with Crippen molar-refractivity contribution in [1.29, 1.82) is 0 Å². The molecule has 0 unspecified atom stereocenters. The van der Waals surface area contributed by atoms with Gasteiger partial charge in [-0.15, -0.1) is 0 Å². The average molecular weight is 427 g/mol. The number of sulfone groups is 1. The minimum absolute atomic E-state index is 0.203. The smallest absolute Gasteiger partial charge is 0.206 e. The van der Waals surface area contributed by atoms with E-state index in [2.05, 4.69) is 20.0 Å². The summed E-state index contributed by atoms with van der Waals surface area (Å²) in [5.74, 6) is 0. The van der Waals surface area contributed by atoms with Crippen molar-refractivity contribution in [3.8, 4) is 0 Å². The zero-order chi connectivity index (χ0) is 21.5. The number of hydrogen-bond acceptors (Lipinski definition) is 6. The molecule has 0 aliphatic carbocycles. The fourth-order valence-electron chi connectivity index (χ4n) is 2.74. The number of hydrogen-bond donors (Lipinski definition) is 0. The Balaban J connectivity index is 1.49. The average Bonchev–Trinajstić information content (AvgIpc) is 2.83. The highest BCUT2D eigenvalue weighted by molar-refractivity contribution is 7.91. The van der Waals surface area contributed by atoms with Gasteiger partial charge in [0.25, 0.3) is 0 Å². The Bertz CT molecular complexity index is 1200. The molecule has 0 aliphatic rings. The molecule has 31 heavy (non-hydrogen) atoms. The first kappa shape index (κ1) is 20.3. The Labute approximate surface area is 180 Å². The quantitative estimate of drug-likeness (QED) is 0.414. The van der Waals surface area contributed by atoms with Crippen LogP contribution in [0.5, 0.6) is 0 Å². The highest BCUT2D eigenvalue weighted by Crippen LogP contribution is 2.25. The number of aromatic nitrogens is 2. The normalized spacial score (nSPS) is 11.9. The van der Waals surface area contributed by atoms with Crippen LogP contribution in [0.3, 0.4) is 0 Å². The fraction of sp³-hybridized carbons (Fsp3) is 0. The van der Waals surface area contributed by atoms with Crippen molar-refractivity contribution < 1.29 is 8.42 Å². The molecule has 0 bridgehead atoms. The van der Waals surface area contributed by atoms with E-state index in [1.54, 1.807) is 73.4 Å². The fourth-order valence-corrected chi connectivity index (χ4v) is 4.01. The van der Waals surface area contributed by atoms with Crippen LogP contribution in [0.1, 0.15) is 11.4 Å². The zero-order valence-corrected chi connectivity index (χ0v) is 17.2. The molecule has 0 N–H and O–H groups in total. The maximum atomic E-state index is 12.9. The van der Waals surface area contributed by atoms with Crippen molar-refractivity contribution in [2.45, 2.75) is 9.79 Å². The Morgan fingerprint density at radius 1 is 0.581 bits per heavy atom. The van der Waals surface area contributed by atoms with Crippen LogP contribution in [0.2, 0.25) is 0 Å². The van der Waals surface area contributed by atoms with Crippen LogP contribution in [0.25, 0.3) is 0 Å². The highest BCUT2D eigenvalue weighted by Gasteiger charge is 2.17. The first-order valence-electron chi connectivity index (χ1n) is 9.47. The lowest BCUT2D eigenvalue weighted by Crippen LogP contribution is -2.01. The lowest BCUT2D eigenvalue weighted by Gasteiger charge is -2.05. The molecule has 0 amide bonds. The van der Waals surface area contributed by atoms with Gasteiger partial charge >= 0.3 is 0 Å². The SMILES string of the molecule is O=S(=O)(c1ccc(N=Cc2ccccn2)cc1)c1ccc(N=Cc2ccccn2)cc1. The summed E-state index contributed by atoms with van der Waals surface area (Å²) in [6.07, 6.45) is 6.64. The van der Waals surface area contributed by atoms with Crippen LogP contribution in [-0.2, 0) is 9.84 Å². The predicted molar refractivity (Wildman–Crippen MR) is 121 cm³/mol. The van der Waals surface area contributed by atoms with Crippen molar-refractivity contribution in [2.75, 3.05) is 0 Å². The summed E-state index contributed by atoms with van der Waals surface area (Å²) in [7, 11) is -3.64. The minimum atomic E-state index is -3.64. The van der Waals surface area contributed by atoms with E-state index in [1.807, 2.05) is 36.4 Å². The molecular formula is C24H18N4O2S. The van der Waals surface area contributed by atoms with Gasteiger partial charge in [0.1, 0.15) is 0 Å². The zero-order valence-electron chi connectivity index (χ0n) is 16.4. The summed E-state index contributed by atoms with van der Waals surface area (Å²) in [6.45, 7) is 0. The van der Waals surface area contributed by atoms with Crippen LogP contribution in [-0.4, -0.2) is 30.8 Å². The lowest BCUT2D eigenvalue weighted by atomic mass is 10.3. The van der Waals surface area contributed by atoms with Crippen LogP contribution in [0.15, 0.2) is 117 Å². The van der Waals surface area contributed by atoms with Crippen LogP contribution in [0.4, 0.5) is 11.4 Å². The predicted octanol–water partition coefficient (Wildman–Crippen LogP) is 4.81. The van der Waals surface area contributed by atoms with Crippen molar-refractivity contribution in [1.82, 2.24) is 9.97 Å². The molecule has 0 spiro atoms. The van der Waals surface area contributed by atoms with E-state index >= 15 is 0 Å². The summed E-state index contributed by atoms with van der Waals surface area (Å²) < 4.78 is 25.8. The van der Waals surface area contributed by atoms with Gasteiger partial charge < -0.3 is 0 Å². The summed E-state index contributed by atoms with van der Waals surface area (Å²) >= 11 is 0. The number of pyridine rings is 2. The van der Waals surface area contributed by atoms with Gasteiger partial charge in [-0.05, 0) is 72.8 Å². The van der Waals surface area contributed by atoms with Crippen LogP contribution < -0.4 is 0 Å². The van der Waals surface area contributed by atoms with Gasteiger partial charge in [-0.25, -0.2) is 8.42 Å². The third kappa shape index (κ3) is 5.15. The second-order valence-electron chi connectivity index (χ2n) is 6.52. The summed E-state index contributed by atoms with van der Waals surface area (Å²) in [5, 5.41) is 0. The van der Waals surface area contributed by atoms with Gasteiger partial charge in [0.15, 0.2) is 0 Å². The summed E-state index contributed by atoms with van der Waals surface area (Å²) in [6, 6.07) is 23.9. The van der Waals surface area contributed by atoms with E-state index < -0.39 is 9.84 Å². The lowest BCUT2D eigenvalue weighted by molar-refractivity contribution is 0.596. The Hall–Kier alpha value is -3.97. The number of nitrogens with zero attached hydrogens (tertiary/aromatic N) is 4. The van der Waals surface area contributed by atoms with Crippen molar-refractivity contribution in [3.05, 3.63) is 109 Å². The van der Waals surface area contributed by atoms with Gasteiger partial charge in [0.2, 0.25) is 9.84 Å². The molecular weight excluding hydrogens is 408 g/mol. The van der Waals surface area contributed by atoms with E-state index in [4.69, 9.17) is 0 Å². The molecule has 152 valence electrons. The van der Waals surface area contributed by atoms with E-state index in [0.29, 0.717) is 11.4 Å². The molecule has 0 atom stereocenters. The van der Waals surface area contributed by atoms with E-state index in [0.717, 1.165) is 11.4 Å².